The van der Waals surface area contributed by atoms with Crippen LogP contribution >= 0.6 is 31.9 Å². The Labute approximate surface area is 205 Å². The average Bonchev–Trinajstić information content (AvgIpc) is 2.78. The Hall–Kier alpha value is -2.35. The summed E-state index contributed by atoms with van der Waals surface area (Å²) in [4.78, 5) is 15.9. The molecule has 0 radical (unpaired) electrons. The smallest absolute Gasteiger partial charge is 0.316 e. The van der Waals surface area contributed by atoms with Crippen LogP contribution in [-0.2, 0) is 10.2 Å². The van der Waals surface area contributed by atoms with Crippen LogP contribution in [0.25, 0.3) is 11.1 Å². The molecule has 3 aromatic rings. The summed E-state index contributed by atoms with van der Waals surface area (Å²) in [7, 11) is -3.91. The van der Waals surface area contributed by atoms with Gasteiger partial charge >= 0.3 is 6.01 Å². The second-order valence-corrected chi connectivity index (χ2v) is 9.46. The highest BCUT2D eigenvalue weighted by atomic mass is 79.9. The number of aromatic nitrogens is 4. The van der Waals surface area contributed by atoms with Gasteiger partial charge in [0.25, 0.3) is 10.2 Å². The second kappa shape index (κ2) is 11.5. The van der Waals surface area contributed by atoms with Gasteiger partial charge in [0, 0.05) is 23.4 Å². The molecule has 0 aliphatic carbocycles. The van der Waals surface area contributed by atoms with Gasteiger partial charge in [-0.15, -0.1) is 0 Å². The number of ether oxygens (including phenoxy) is 2. The lowest BCUT2D eigenvalue weighted by molar-refractivity contribution is 0.202. The first-order chi connectivity index (χ1) is 16.1. The molecule has 0 amide bonds. The van der Waals surface area contributed by atoms with E-state index in [1.807, 2.05) is 6.92 Å². The van der Waals surface area contributed by atoms with Gasteiger partial charge < -0.3 is 9.47 Å². The van der Waals surface area contributed by atoms with E-state index in [-0.39, 0.29) is 29.8 Å². The van der Waals surface area contributed by atoms with Crippen LogP contribution < -0.4 is 18.9 Å². The van der Waals surface area contributed by atoms with Gasteiger partial charge in [-0.25, -0.2) is 19.9 Å². The first kappa shape index (κ1) is 21.5. The lowest BCUT2D eigenvalue weighted by Crippen LogP contribution is -2.31. The third kappa shape index (κ3) is 7.08. The zero-order valence-corrected chi connectivity index (χ0v) is 20.7. The molecule has 2 N–H and O–H groups in total. The SMILES string of the molecule is [2H]C([2H])(COc1ncnc(NS(=O)(=O)NCCC)c1-c1ccc(Br)cc1)Oc1ncc(Br)cn1. The van der Waals surface area contributed by atoms with Gasteiger partial charge in [0.05, 0.1) is 12.8 Å². The third-order valence-corrected chi connectivity index (χ3v) is 5.73. The van der Waals surface area contributed by atoms with Gasteiger partial charge in [-0.2, -0.15) is 13.1 Å². The highest BCUT2D eigenvalue weighted by Crippen LogP contribution is 2.34. The molecule has 0 saturated carbocycles. The van der Waals surface area contributed by atoms with Crippen molar-refractivity contribution in [3.63, 3.8) is 0 Å². The summed E-state index contributed by atoms with van der Waals surface area (Å²) in [5.74, 6) is -0.0802. The van der Waals surface area contributed by atoms with Crippen molar-refractivity contribution in [3.05, 3.63) is 51.9 Å². The first-order valence-electron chi connectivity index (χ1n) is 10.3. The molecule has 0 atom stereocenters. The van der Waals surface area contributed by atoms with Crippen LogP contribution in [0.15, 0.2) is 51.9 Å². The monoisotopic (exact) mass is 588 g/mol. The van der Waals surface area contributed by atoms with Gasteiger partial charge in [0.2, 0.25) is 5.88 Å². The van der Waals surface area contributed by atoms with Crippen LogP contribution in [0.3, 0.4) is 0 Å². The summed E-state index contributed by atoms with van der Waals surface area (Å²) >= 11 is 6.55. The number of nitrogens with zero attached hydrogens (tertiary/aromatic N) is 4. The number of rotatable bonds is 11. The number of halogens is 2. The standard InChI is InChI=1S/C19H20Br2N6O4S/c1-2-7-26-32(28,29)27-17-16(13-3-5-14(20)6-4-13)18(25-12-24-17)30-8-9-31-19-22-10-15(21)11-23-19/h3-6,10-12,26H,2,7-9H2,1H3,(H,24,25,27)/i9D2. The Balaban J connectivity index is 1.90. The lowest BCUT2D eigenvalue weighted by atomic mass is 10.1. The van der Waals surface area contributed by atoms with Crippen molar-refractivity contribution in [1.29, 1.82) is 0 Å². The van der Waals surface area contributed by atoms with Crippen LogP contribution in [0, 0.1) is 0 Å². The van der Waals surface area contributed by atoms with E-state index >= 15 is 0 Å². The van der Waals surface area contributed by atoms with Crippen molar-refractivity contribution in [3.8, 4) is 23.0 Å². The molecule has 0 aliphatic heterocycles. The molecule has 0 saturated heterocycles. The fraction of sp³-hybridized carbons (Fsp3) is 0.263. The number of hydrogen-bond acceptors (Lipinski definition) is 8. The summed E-state index contributed by atoms with van der Waals surface area (Å²) < 4.78 is 58.1. The van der Waals surface area contributed by atoms with Crippen molar-refractivity contribution in [2.24, 2.45) is 0 Å². The van der Waals surface area contributed by atoms with Crippen LogP contribution in [0.2, 0.25) is 0 Å². The molecule has 3 rings (SSSR count). The minimum Gasteiger partial charge on any atom is -0.473 e. The molecule has 2 aromatic heterocycles. The number of hydrogen-bond donors (Lipinski definition) is 2. The zero-order chi connectivity index (χ0) is 24.8. The van der Waals surface area contributed by atoms with E-state index in [0.29, 0.717) is 16.5 Å². The van der Waals surface area contributed by atoms with Crippen molar-refractivity contribution in [1.82, 2.24) is 24.7 Å². The number of anilines is 1. The number of nitrogens with one attached hydrogen (secondary N) is 2. The first-order valence-corrected chi connectivity index (χ1v) is 12.3. The summed E-state index contributed by atoms with van der Waals surface area (Å²) in [5.41, 5.74) is 0.775. The quantitative estimate of drug-likeness (QED) is 0.347. The maximum Gasteiger partial charge on any atom is 0.316 e. The maximum absolute atomic E-state index is 12.4. The zero-order valence-electron chi connectivity index (χ0n) is 18.7. The van der Waals surface area contributed by atoms with Crippen molar-refractivity contribution < 1.29 is 20.6 Å². The normalized spacial score (nSPS) is 12.6. The van der Waals surface area contributed by atoms with Crippen molar-refractivity contribution >= 4 is 47.9 Å². The summed E-state index contributed by atoms with van der Waals surface area (Å²) in [6, 6.07) is 6.77. The molecule has 0 aliphatic rings. The topological polar surface area (TPSA) is 128 Å². The molecule has 0 fully saturated rings. The Kier molecular flexibility index (Phi) is 7.72. The molecular weight excluding hydrogens is 568 g/mol. The minimum absolute atomic E-state index is 0.0337. The Morgan fingerprint density at radius 1 is 1.03 bits per heavy atom. The van der Waals surface area contributed by atoms with Crippen molar-refractivity contribution in [2.45, 2.75) is 13.3 Å². The predicted octanol–water partition coefficient (Wildman–Crippen LogP) is 3.57. The van der Waals surface area contributed by atoms with Crippen LogP contribution in [-0.4, -0.2) is 48.1 Å². The van der Waals surface area contributed by atoms with E-state index in [1.165, 1.54) is 12.4 Å². The average molecular weight is 590 g/mol. The molecule has 0 spiro atoms. The third-order valence-electron chi connectivity index (χ3n) is 3.75. The number of benzene rings is 1. The maximum atomic E-state index is 12.4. The molecule has 32 heavy (non-hydrogen) atoms. The molecule has 0 bridgehead atoms. The highest BCUT2D eigenvalue weighted by Gasteiger charge is 2.19. The summed E-state index contributed by atoms with van der Waals surface area (Å²) in [5, 5.41) is 0. The van der Waals surface area contributed by atoms with E-state index in [2.05, 4.69) is 61.2 Å². The van der Waals surface area contributed by atoms with Gasteiger partial charge in [0.15, 0.2) is 5.82 Å². The van der Waals surface area contributed by atoms with E-state index in [0.717, 1.165) is 10.8 Å². The minimum atomic E-state index is -3.91. The summed E-state index contributed by atoms with van der Waals surface area (Å²) in [6.45, 7) is -0.833. The van der Waals surface area contributed by atoms with E-state index in [1.54, 1.807) is 24.3 Å². The molecular formula is C19H20Br2N6O4S. The molecule has 13 heteroatoms. The van der Waals surface area contributed by atoms with Crippen LogP contribution in [0.5, 0.6) is 11.9 Å². The largest absolute Gasteiger partial charge is 0.473 e. The fourth-order valence-corrected chi connectivity index (χ4v) is 3.80. The fourth-order valence-electron chi connectivity index (χ4n) is 2.38. The highest BCUT2D eigenvalue weighted by molar-refractivity contribution is 9.10. The van der Waals surface area contributed by atoms with E-state index in [9.17, 15) is 8.42 Å². The molecule has 2 heterocycles. The Morgan fingerprint density at radius 3 is 2.44 bits per heavy atom. The van der Waals surface area contributed by atoms with E-state index < -0.39 is 23.4 Å². The van der Waals surface area contributed by atoms with Crippen LogP contribution in [0.1, 0.15) is 16.1 Å². The lowest BCUT2D eigenvalue weighted by Gasteiger charge is -2.15. The van der Waals surface area contributed by atoms with Gasteiger partial charge in [0.1, 0.15) is 19.5 Å². The van der Waals surface area contributed by atoms with Gasteiger partial charge in [-0.1, -0.05) is 35.0 Å². The summed E-state index contributed by atoms with van der Waals surface area (Å²) in [6.07, 6.45) is 4.56. The predicted molar refractivity (Wildman–Crippen MR) is 127 cm³/mol. The molecule has 1 aromatic carbocycles. The van der Waals surface area contributed by atoms with Gasteiger partial charge in [-0.05, 0) is 40.0 Å². The molecule has 0 unspecified atom stereocenters. The van der Waals surface area contributed by atoms with Crippen LogP contribution in [0.4, 0.5) is 5.82 Å². The van der Waals surface area contributed by atoms with Gasteiger partial charge in [-0.3, -0.25) is 4.72 Å². The molecule has 170 valence electrons. The Bertz CT molecular complexity index is 1220. The van der Waals surface area contributed by atoms with Crippen molar-refractivity contribution in [2.75, 3.05) is 24.4 Å². The Morgan fingerprint density at radius 2 is 1.75 bits per heavy atom. The van der Waals surface area contributed by atoms with E-state index in [4.69, 9.17) is 12.2 Å². The molecule has 10 nitrogen and oxygen atoms in total. The second-order valence-electron chi connectivity index (χ2n) is 6.13.